The van der Waals surface area contributed by atoms with E-state index < -0.39 is 10.9 Å². The number of methoxy groups -OCH3 is 1. The van der Waals surface area contributed by atoms with Gasteiger partial charge in [-0.15, -0.1) is 11.3 Å². The van der Waals surface area contributed by atoms with Gasteiger partial charge in [-0.1, -0.05) is 0 Å². The predicted molar refractivity (Wildman–Crippen MR) is 76.7 cm³/mol. The van der Waals surface area contributed by atoms with E-state index in [2.05, 4.69) is 4.98 Å². The van der Waals surface area contributed by atoms with E-state index in [1.165, 1.54) is 25.3 Å². The van der Waals surface area contributed by atoms with Gasteiger partial charge in [0.2, 0.25) is 5.01 Å². The molecule has 8 heteroatoms. The summed E-state index contributed by atoms with van der Waals surface area (Å²) in [5.74, 6) is -0.0699. The SMILES string of the molecule is CCOC(=O)c1nc(-c2cc([N+](=O)[O-])ccc2OC)cs1. The third-order valence-electron chi connectivity index (χ3n) is 2.62. The van der Waals surface area contributed by atoms with Crippen LogP contribution in [0.1, 0.15) is 16.7 Å². The van der Waals surface area contributed by atoms with Crippen molar-refractivity contribution in [2.75, 3.05) is 13.7 Å². The maximum atomic E-state index is 11.6. The number of hydrogen-bond donors (Lipinski definition) is 0. The predicted octanol–water partition coefficient (Wildman–Crippen LogP) is 2.90. The Morgan fingerprint density at radius 2 is 2.24 bits per heavy atom. The standard InChI is InChI=1S/C13H12N2O5S/c1-3-20-13(16)12-14-10(7-21-12)9-6-8(15(17)18)4-5-11(9)19-2/h4-7H,3H2,1-2H3. The molecule has 0 aliphatic rings. The summed E-state index contributed by atoms with van der Waals surface area (Å²) in [4.78, 5) is 26.1. The minimum atomic E-state index is -0.516. The number of thiazole rings is 1. The minimum absolute atomic E-state index is 0.0727. The number of carbonyl (C=O) groups is 1. The van der Waals surface area contributed by atoms with Crippen molar-refractivity contribution >= 4 is 23.0 Å². The maximum absolute atomic E-state index is 11.6. The number of nitro groups is 1. The average Bonchev–Trinajstić information content (AvgIpc) is 2.96. The summed E-state index contributed by atoms with van der Waals surface area (Å²) < 4.78 is 10.0. The van der Waals surface area contributed by atoms with Crippen LogP contribution in [0.25, 0.3) is 11.3 Å². The Balaban J connectivity index is 2.43. The van der Waals surface area contributed by atoms with Gasteiger partial charge in [0, 0.05) is 23.1 Å². The lowest BCUT2D eigenvalue weighted by Gasteiger charge is -2.05. The van der Waals surface area contributed by atoms with Gasteiger partial charge in [0.1, 0.15) is 5.75 Å². The molecule has 0 aliphatic heterocycles. The van der Waals surface area contributed by atoms with Gasteiger partial charge in [-0.05, 0) is 13.0 Å². The second-order valence-electron chi connectivity index (χ2n) is 3.90. The van der Waals surface area contributed by atoms with Crippen LogP contribution < -0.4 is 4.74 Å². The topological polar surface area (TPSA) is 91.6 Å². The summed E-state index contributed by atoms with van der Waals surface area (Å²) in [5, 5.41) is 12.7. The van der Waals surface area contributed by atoms with Gasteiger partial charge in [-0.3, -0.25) is 10.1 Å². The summed E-state index contributed by atoms with van der Waals surface area (Å²) in [6.07, 6.45) is 0. The molecule has 21 heavy (non-hydrogen) atoms. The van der Waals surface area contributed by atoms with E-state index in [0.29, 0.717) is 17.0 Å². The fraction of sp³-hybridized carbons (Fsp3) is 0.231. The molecule has 0 amide bonds. The number of ether oxygens (including phenoxy) is 2. The molecule has 0 radical (unpaired) electrons. The van der Waals surface area contributed by atoms with Crippen molar-refractivity contribution in [1.29, 1.82) is 0 Å². The molecule has 7 nitrogen and oxygen atoms in total. The fourth-order valence-electron chi connectivity index (χ4n) is 1.69. The Labute approximate surface area is 124 Å². The molecule has 1 aromatic heterocycles. The number of esters is 1. The zero-order chi connectivity index (χ0) is 15.4. The molecule has 0 spiro atoms. The third-order valence-corrected chi connectivity index (χ3v) is 3.45. The smallest absolute Gasteiger partial charge is 0.367 e. The van der Waals surface area contributed by atoms with Crippen molar-refractivity contribution in [2.24, 2.45) is 0 Å². The molecule has 2 rings (SSSR count). The van der Waals surface area contributed by atoms with Crippen molar-refractivity contribution in [2.45, 2.75) is 6.92 Å². The highest BCUT2D eigenvalue weighted by Gasteiger charge is 2.18. The van der Waals surface area contributed by atoms with Crippen LogP contribution in [-0.4, -0.2) is 29.6 Å². The molecule has 0 saturated heterocycles. The second kappa shape index (κ2) is 6.31. The second-order valence-corrected chi connectivity index (χ2v) is 4.76. The number of nitrogens with zero attached hydrogens (tertiary/aromatic N) is 2. The number of rotatable bonds is 5. The largest absolute Gasteiger partial charge is 0.496 e. The van der Waals surface area contributed by atoms with E-state index in [0.717, 1.165) is 11.3 Å². The first kappa shape index (κ1) is 14.9. The van der Waals surface area contributed by atoms with Crippen LogP contribution in [0, 0.1) is 10.1 Å². The van der Waals surface area contributed by atoms with Gasteiger partial charge in [0.05, 0.1) is 24.3 Å². The van der Waals surface area contributed by atoms with Crippen molar-refractivity contribution in [3.8, 4) is 17.0 Å². The molecular weight excluding hydrogens is 296 g/mol. The molecule has 2 aromatic rings. The molecule has 110 valence electrons. The summed E-state index contributed by atoms with van der Waals surface area (Å²) in [7, 11) is 1.46. The van der Waals surface area contributed by atoms with Crippen LogP contribution in [0.15, 0.2) is 23.6 Å². The maximum Gasteiger partial charge on any atom is 0.367 e. The summed E-state index contributed by atoms with van der Waals surface area (Å²) >= 11 is 1.11. The van der Waals surface area contributed by atoms with Gasteiger partial charge in [0.15, 0.2) is 0 Å². The first-order valence-corrected chi connectivity index (χ1v) is 6.90. The molecule has 0 bridgehead atoms. The number of aromatic nitrogens is 1. The van der Waals surface area contributed by atoms with Crippen LogP contribution in [0.4, 0.5) is 5.69 Å². The van der Waals surface area contributed by atoms with Crippen molar-refractivity contribution in [3.63, 3.8) is 0 Å². The van der Waals surface area contributed by atoms with Crippen LogP contribution in [0.5, 0.6) is 5.75 Å². The number of nitro benzene ring substituents is 1. The van der Waals surface area contributed by atoms with E-state index in [4.69, 9.17) is 9.47 Å². The van der Waals surface area contributed by atoms with Crippen LogP contribution >= 0.6 is 11.3 Å². The van der Waals surface area contributed by atoms with E-state index in [1.807, 2.05) is 0 Å². The normalized spacial score (nSPS) is 10.2. The summed E-state index contributed by atoms with van der Waals surface area (Å²) in [6.45, 7) is 1.96. The molecule has 0 atom stereocenters. The van der Waals surface area contributed by atoms with Crippen molar-refractivity contribution < 1.29 is 19.2 Å². The van der Waals surface area contributed by atoms with Crippen LogP contribution in [-0.2, 0) is 4.74 Å². The Morgan fingerprint density at radius 3 is 2.86 bits per heavy atom. The molecule has 1 aromatic carbocycles. The van der Waals surface area contributed by atoms with E-state index >= 15 is 0 Å². The molecular formula is C13H12N2O5S. The van der Waals surface area contributed by atoms with Crippen molar-refractivity contribution in [3.05, 3.63) is 38.7 Å². The zero-order valence-corrected chi connectivity index (χ0v) is 12.2. The quantitative estimate of drug-likeness (QED) is 0.479. The van der Waals surface area contributed by atoms with E-state index in [9.17, 15) is 14.9 Å². The van der Waals surface area contributed by atoms with Gasteiger partial charge in [-0.2, -0.15) is 0 Å². The number of carbonyl (C=O) groups excluding carboxylic acids is 1. The highest BCUT2D eigenvalue weighted by molar-refractivity contribution is 7.11. The van der Waals surface area contributed by atoms with Crippen LogP contribution in [0.2, 0.25) is 0 Å². The third kappa shape index (κ3) is 3.16. The van der Waals surface area contributed by atoms with Gasteiger partial charge >= 0.3 is 5.97 Å². The monoisotopic (exact) mass is 308 g/mol. The minimum Gasteiger partial charge on any atom is -0.496 e. The van der Waals surface area contributed by atoms with Gasteiger partial charge in [0.25, 0.3) is 5.69 Å². The van der Waals surface area contributed by atoms with Crippen molar-refractivity contribution in [1.82, 2.24) is 4.98 Å². The molecule has 0 N–H and O–H groups in total. The van der Waals surface area contributed by atoms with Crippen LogP contribution in [0.3, 0.4) is 0 Å². The van der Waals surface area contributed by atoms with E-state index in [1.54, 1.807) is 12.3 Å². The zero-order valence-electron chi connectivity index (χ0n) is 11.4. The Hall–Kier alpha value is -2.48. The molecule has 1 heterocycles. The Kier molecular flexibility index (Phi) is 4.49. The lowest BCUT2D eigenvalue weighted by Crippen LogP contribution is -2.03. The Bertz CT molecular complexity index is 683. The first-order valence-electron chi connectivity index (χ1n) is 6.02. The molecule has 0 aliphatic carbocycles. The molecule has 0 fully saturated rings. The highest BCUT2D eigenvalue weighted by atomic mass is 32.1. The lowest BCUT2D eigenvalue weighted by atomic mass is 10.1. The Morgan fingerprint density at radius 1 is 1.48 bits per heavy atom. The van der Waals surface area contributed by atoms with E-state index in [-0.39, 0.29) is 17.3 Å². The first-order chi connectivity index (χ1) is 10.1. The highest BCUT2D eigenvalue weighted by Crippen LogP contribution is 2.33. The summed E-state index contributed by atoms with van der Waals surface area (Å²) in [5.41, 5.74) is 0.818. The molecule has 0 saturated carbocycles. The van der Waals surface area contributed by atoms with Gasteiger partial charge < -0.3 is 9.47 Å². The molecule has 0 unspecified atom stereocenters. The average molecular weight is 308 g/mol. The summed E-state index contributed by atoms with van der Waals surface area (Å²) in [6, 6.07) is 4.21. The number of benzene rings is 1. The fourth-order valence-corrected chi connectivity index (χ4v) is 2.40. The number of non-ortho nitro benzene ring substituents is 1. The number of hydrogen-bond acceptors (Lipinski definition) is 7. The van der Waals surface area contributed by atoms with Gasteiger partial charge in [-0.25, -0.2) is 9.78 Å². The lowest BCUT2D eigenvalue weighted by molar-refractivity contribution is -0.384.